The van der Waals surface area contributed by atoms with Crippen LogP contribution >= 0.6 is 35.7 Å². The number of hydrogen-bond donors (Lipinski definition) is 3. The molecule has 6 nitrogen and oxygen atoms in total. The van der Waals surface area contributed by atoms with Crippen molar-refractivity contribution >= 4 is 51.7 Å². The maximum Gasteiger partial charge on any atom is 0.238 e. The molecule has 2 rings (SSSR count). The van der Waals surface area contributed by atoms with Crippen LogP contribution in [-0.2, 0) is 28.9 Å². The van der Waals surface area contributed by atoms with Gasteiger partial charge in [-0.05, 0) is 47.2 Å². The van der Waals surface area contributed by atoms with Gasteiger partial charge >= 0.3 is 0 Å². The van der Waals surface area contributed by atoms with E-state index in [1.54, 1.807) is 43.1 Å². The molecule has 0 radical (unpaired) electrons. The Morgan fingerprint density at radius 1 is 1.14 bits per heavy atom. The summed E-state index contributed by atoms with van der Waals surface area (Å²) < 4.78 is 36.3. The summed E-state index contributed by atoms with van der Waals surface area (Å²) in [7, 11) is -2.09. The summed E-state index contributed by atoms with van der Waals surface area (Å²) in [5, 5.41) is 11.5. The van der Waals surface area contributed by atoms with Crippen LogP contribution in [0.2, 0.25) is 0 Å². The van der Waals surface area contributed by atoms with Crippen LogP contribution in [0.15, 0.2) is 52.4 Å². The van der Waals surface area contributed by atoms with E-state index in [4.69, 9.17) is 5.14 Å². The minimum atomic E-state index is -3.74. The Labute approximate surface area is 186 Å². The maximum absolute atomic E-state index is 13.4. The Kier molecular flexibility index (Phi) is 10.2. The summed E-state index contributed by atoms with van der Waals surface area (Å²) in [5.41, 5.74) is 2.69. The monoisotopic (exact) mass is 538 g/mol. The smallest absolute Gasteiger partial charge is 0.238 e. The Hall–Kier alpha value is -1.37. The van der Waals surface area contributed by atoms with Crippen molar-refractivity contribution in [3.8, 4) is 0 Å². The zero-order valence-corrected chi connectivity index (χ0v) is 19.6. The molecule has 0 aromatic heterocycles. The first-order chi connectivity index (χ1) is 12.8. The molecule has 0 bridgehead atoms. The van der Waals surface area contributed by atoms with Crippen molar-refractivity contribution in [2.45, 2.75) is 23.7 Å². The standard InChI is InChI=1S/C18H23FN4O2S2.HI/c1-21-18(22-10-13-4-3-5-17(8-13)27(20,24)25)23-11-14-6-7-16(19)9-15(14)12-26-2;/h3-9H,10-12H2,1-2H3,(H2,20,24,25)(H2,21,22,23);1H. The van der Waals surface area contributed by atoms with Crippen molar-refractivity contribution in [2.75, 3.05) is 13.3 Å². The van der Waals surface area contributed by atoms with E-state index in [0.717, 1.165) is 22.4 Å². The van der Waals surface area contributed by atoms with Crippen molar-refractivity contribution in [2.24, 2.45) is 10.1 Å². The average molecular weight is 538 g/mol. The van der Waals surface area contributed by atoms with Crippen LogP contribution in [0.3, 0.4) is 0 Å². The fourth-order valence-corrected chi connectivity index (χ4v) is 3.64. The third-order valence-corrected chi connectivity index (χ3v) is 5.34. The van der Waals surface area contributed by atoms with Gasteiger partial charge in [0, 0.05) is 25.9 Å². The number of primary sulfonamides is 1. The van der Waals surface area contributed by atoms with Crippen LogP contribution in [0.4, 0.5) is 4.39 Å². The lowest BCUT2D eigenvalue weighted by Crippen LogP contribution is -2.36. The molecule has 0 spiro atoms. The minimum absolute atomic E-state index is 0. The molecule has 0 saturated carbocycles. The van der Waals surface area contributed by atoms with Crippen LogP contribution in [-0.4, -0.2) is 27.7 Å². The zero-order valence-electron chi connectivity index (χ0n) is 15.6. The third-order valence-electron chi connectivity index (χ3n) is 3.82. The van der Waals surface area contributed by atoms with Crippen LogP contribution in [0.1, 0.15) is 16.7 Å². The number of rotatable bonds is 7. The Morgan fingerprint density at radius 3 is 2.50 bits per heavy atom. The fraction of sp³-hybridized carbons (Fsp3) is 0.278. The molecule has 0 saturated heterocycles. The van der Waals surface area contributed by atoms with Gasteiger partial charge in [-0.3, -0.25) is 4.99 Å². The molecule has 0 heterocycles. The lowest BCUT2D eigenvalue weighted by molar-refractivity contribution is 0.597. The number of thioether (sulfide) groups is 1. The predicted molar refractivity (Wildman–Crippen MR) is 124 cm³/mol. The Balaban J connectivity index is 0.00000392. The second-order valence-electron chi connectivity index (χ2n) is 5.82. The largest absolute Gasteiger partial charge is 0.352 e. The molecular formula is C18H24FIN4O2S2. The quantitative estimate of drug-likeness (QED) is 0.286. The topological polar surface area (TPSA) is 96.6 Å². The Morgan fingerprint density at radius 2 is 1.86 bits per heavy atom. The van der Waals surface area contributed by atoms with E-state index in [1.807, 2.05) is 6.26 Å². The number of aliphatic imine (C=N–C) groups is 1. The molecule has 0 aliphatic heterocycles. The molecule has 2 aromatic carbocycles. The zero-order chi connectivity index (χ0) is 19.9. The van der Waals surface area contributed by atoms with Gasteiger partial charge in [-0.25, -0.2) is 17.9 Å². The minimum Gasteiger partial charge on any atom is -0.352 e. The van der Waals surface area contributed by atoms with Crippen molar-refractivity contribution in [1.82, 2.24) is 10.6 Å². The number of nitrogens with zero attached hydrogens (tertiary/aromatic N) is 1. The van der Waals surface area contributed by atoms with Crippen molar-refractivity contribution in [3.63, 3.8) is 0 Å². The Bertz CT molecular complexity index is 924. The van der Waals surface area contributed by atoms with Gasteiger partial charge < -0.3 is 10.6 Å². The molecule has 0 unspecified atom stereocenters. The summed E-state index contributed by atoms with van der Waals surface area (Å²) >= 11 is 1.63. The predicted octanol–water partition coefficient (Wildman–Crippen LogP) is 2.82. The molecule has 0 aliphatic carbocycles. The third kappa shape index (κ3) is 7.57. The molecule has 0 fully saturated rings. The lowest BCUT2D eigenvalue weighted by Gasteiger charge is -2.14. The highest BCUT2D eigenvalue weighted by Gasteiger charge is 2.09. The van der Waals surface area contributed by atoms with E-state index in [9.17, 15) is 12.8 Å². The van der Waals surface area contributed by atoms with Crippen molar-refractivity contribution in [3.05, 3.63) is 65.0 Å². The summed E-state index contributed by atoms with van der Waals surface area (Å²) in [6.45, 7) is 0.872. The average Bonchev–Trinajstić information content (AvgIpc) is 2.63. The first kappa shape index (κ1) is 24.7. The van der Waals surface area contributed by atoms with E-state index in [1.165, 1.54) is 18.2 Å². The molecule has 0 aliphatic rings. The van der Waals surface area contributed by atoms with Crippen LogP contribution in [0.5, 0.6) is 0 Å². The number of halogens is 2. The van der Waals surface area contributed by atoms with Gasteiger partial charge in [0.05, 0.1) is 4.90 Å². The highest BCUT2D eigenvalue weighted by atomic mass is 127. The highest BCUT2D eigenvalue weighted by molar-refractivity contribution is 14.0. The number of nitrogens with one attached hydrogen (secondary N) is 2. The maximum atomic E-state index is 13.4. The molecule has 2 aromatic rings. The van der Waals surface area contributed by atoms with Gasteiger partial charge in [-0.2, -0.15) is 11.8 Å². The molecule has 0 amide bonds. The number of hydrogen-bond acceptors (Lipinski definition) is 4. The van der Waals surface area contributed by atoms with Crippen LogP contribution in [0, 0.1) is 5.82 Å². The van der Waals surface area contributed by atoms with Gasteiger partial charge in [-0.15, -0.1) is 24.0 Å². The van der Waals surface area contributed by atoms with Gasteiger partial charge in [0.25, 0.3) is 0 Å². The molecular weight excluding hydrogens is 514 g/mol. The summed E-state index contributed by atoms with van der Waals surface area (Å²) in [4.78, 5) is 4.22. The van der Waals surface area contributed by atoms with Crippen LogP contribution < -0.4 is 15.8 Å². The highest BCUT2D eigenvalue weighted by Crippen LogP contribution is 2.16. The van der Waals surface area contributed by atoms with E-state index >= 15 is 0 Å². The van der Waals surface area contributed by atoms with Crippen LogP contribution in [0.25, 0.3) is 0 Å². The SMILES string of the molecule is CN=C(NCc1cccc(S(N)(=O)=O)c1)NCc1ccc(F)cc1CSC.I. The van der Waals surface area contributed by atoms with Gasteiger partial charge in [-0.1, -0.05) is 18.2 Å². The molecule has 154 valence electrons. The summed E-state index contributed by atoms with van der Waals surface area (Å²) in [6, 6.07) is 11.2. The van der Waals surface area contributed by atoms with E-state index in [-0.39, 0.29) is 34.7 Å². The van der Waals surface area contributed by atoms with E-state index in [0.29, 0.717) is 19.0 Å². The first-order valence-corrected chi connectivity index (χ1v) is 11.1. The molecule has 10 heteroatoms. The summed E-state index contributed by atoms with van der Waals surface area (Å²) in [6.07, 6.45) is 1.97. The van der Waals surface area contributed by atoms with Crippen molar-refractivity contribution < 1.29 is 12.8 Å². The van der Waals surface area contributed by atoms with Gasteiger partial charge in [0.2, 0.25) is 10.0 Å². The van der Waals surface area contributed by atoms with Gasteiger partial charge in [0.1, 0.15) is 5.82 Å². The normalized spacial score (nSPS) is 11.6. The second-order valence-corrected chi connectivity index (χ2v) is 8.25. The van der Waals surface area contributed by atoms with Crippen molar-refractivity contribution in [1.29, 1.82) is 0 Å². The second kappa shape index (κ2) is 11.6. The van der Waals surface area contributed by atoms with E-state index in [2.05, 4.69) is 15.6 Å². The molecule has 0 atom stereocenters. The molecule has 4 N–H and O–H groups in total. The number of sulfonamides is 1. The first-order valence-electron chi connectivity index (χ1n) is 8.16. The van der Waals surface area contributed by atoms with Gasteiger partial charge in [0.15, 0.2) is 5.96 Å². The lowest BCUT2D eigenvalue weighted by atomic mass is 10.1. The van der Waals surface area contributed by atoms with E-state index < -0.39 is 10.0 Å². The molecule has 28 heavy (non-hydrogen) atoms. The number of guanidine groups is 1. The number of nitrogens with two attached hydrogens (primary N) is 1. The fourth-order valence-electron chi connectivity index (χ4n) is 2.47. The number of benzene rings is 2. The summed E-state index contributed by atoms with van der Waals surface area (Å²) in [5.74, 6) is 1.02.